The first-order valence-electron chi connectivity index (χ1n) is 9.51. The van der Waals surface area contributed by atoms with Crippen molar-refractivity contribution in [2.75, 3.05) is 19.8 Å². The first kappa shape index (κ1) is 17.6. The summed E-state index contributed by atoms with van der Waals surface area (Å²) in [4.78, 5) is 7.07. The van der Waals surface area contributed by atoms with Crippen LogP contribution in [0, 0.1) is 12.8 Å². The van der Waals surface area contributed by atoms with Gasteiger partial charge in [0.1, 0.15) is 0 Å². The van der Waals surface area contributed by atoms with Crippen LogP contribution in [-0.2, 0) is 29.7 Å². The Morgan fingerprint density at radius 2 is 2.23 bits per heavy atom. The van der Waals surface area contributed by atoms with E-state index in [9.17, 15) is 0 Å². The summed E-state index contributed by atoms with van der Waals surface area (Å²) in [6.07, 6.45) is 6.65. The lowest BCUT2D eigenvalue weighted by Crippen LogP contribution is -2.47. The van der Waals surface area contributed by atoms with Gasteiger partial charge in [0.25, 0.3) is 0 Å². The zero-order chi connectivity index (χ0) is 17.9. The van der Waals surface area contributed by atoms with Gasteiger partial charge in [-0.3, -0.25) is 14.6 Å². The molecule has 0 unspecified atom stereocenters. The quantitative estimate of drug-likeness (QED) is 0.795. The van der Waals surface area contributed by atoms with Crippen LogP contribution in [0.1, 0.15) is 29.8 Å². The van der Waals surface area contributed by atoms with Crippen molar-refractivity contribution >= 4 is 0 Å². The second-order valence-corrected chi connectivity index (χ2v) is 7.59. The van der Waals surface area contributed by atoms with Gasteiger partial charge in [-0.2, -0.15) is 5.10 Å². The fourth-order valence-corrected chi connectivity index (χ4v) is 4.26. The lowest BCUT2D eigenvalue weighted by molar-refractivity contribution is -0.0591. The predicted octanol–water partition coefficient (Wildman–Crippen LogP) is 2.32. The summed E-state index contributed by atoms with van der Waals surface area (Å²) in [6, 6.07) is 6.57. The molecule has 4 rings (SSSR count). The summed E-state index contributed by atoms with van der Waals surface area (Å²) in [7, 11) is 1.97. The number of morpholine rings is 1. The van der Waals surface area contributed by atoms with Gasteiger partial charge in [-0.25, -0.2) is 0 Å². The number of pyridine rings is 1. The van der Waals surface area contributed by atoms with Crippen LogP contribution in [0.5, 0.6) is 0 Å². The second kappa shape index (κ2) is 7.86. The van der Waals surface area contributed by atoms with Crippen LogP contribution in [0.3, 0.4) is 0 Å². The summed E-state index contributed by atoms with van der Waals surface area (Å²) >= 11 is 0. The van der Waals surface area contributed by atoms with Crippen LogP contribution in [0.2, 0.25) is 0 Å². The lowest BCUT2D eigenvalue weighted by Gasteiger charge is -2.37. The number of hydrogen-bond donors (Lipinski definition) is 0. The van der Waals surface area contributed by atoms with Crippen molar-refractivity contribution in [1.82, 2.24) is 19.7 Å². The van der Waals surface area contributed by atoms with Gasteiger partial charge in [-0.15, -0.1) is 0 Å². The van der Waals surface area contributed by atoms with Crippen molar-refractivity contribution in [2.45, 2.75) is 45.1 Å². The Kier molecular flexibility index (Phi) is 5.33. The van der Waals surface area contributed by atoms with E-state index < -0.39 is 0 Å². The Morgan fingerprint density at radius 1 is 1.31 bits per heavy atom. The normalized spacial score (nSPS) is 26.2. The maximum Gasteiger partial charge on any atom is 0.0888 e. The molecule has 0 amide bonds. The number of ether oxygens (including phenoxy) is 2. The summed E-state index contributed by atoms with van der Waals surface area (Å²) in [6.45, 7) is 6.16. The molecule has 140 valence electrons. The number of hydrogen-bond acceptors (Lipinski definition) is 5. The molecule has 2 aromatic rings. The largest absolute Gasteiger partial charge is 0.375 e. The van der Waals surface area contributed by atoms with E-state index in [0.717, 1.165) is 50.5 Å². The molecule has 2 aromatic heterocycles. The number of fused-ring (bicyclic) bond motifs is 1. The maximum absolute atomic E-state index is 6.06. The van der Waals surface area contributed by atoms with E-state index in [2.05, 4.69) is 21.2 Å². The Hall–Kier alpha value is -1.76. The van der Waals surface area contributed by atoms with Gasteiger partial charge in [0.2, 0.25) is 0 Å². The summed E-state index contributed by atoms with van der Waals surface area (Å²) in [5.41, 5.74) is 3.32. The van der Waals surface area contributed by atoms with E-state index >= 15 is 0 Å². The summed E-state index contributed by atoms with van der Waals surface area (Å²) in [5.74, 6) is 0.560. The molecule has 2 aliphatic rings. The molecule has 6 nitrogen and oxygen atoms in total. The third-order valence-corrected chi connectivity index (χ3v) is 5.44. The van der Waals surface area contributed by atoms with E-state index in [1.165, 1.54) is 5.56 Å². The highest BCUT2D eigenvalue weighted by Gasteiger charge is 2.41. The van der Waals surface area contributed by atoms with E-state index in [4.69, 9.17) is 9.47 Å². The molecule has 1 saturated carbocycles. The maximum atomic E-state index is 6.06. The molecule has 3 atom stereocenters. The Morgan fingerprint density at radius 3 is 3.04 bits per heavy atom. The fourth-order valence-electron chi connectivity index (χ4n) is 4.26. The van der Waals surface area contributed by atoms with Crippen molar-refractivity contribution in [3.8, 4) is 0 Å². The molecule has 6 heteroatoms. The molecule has 3 heterocycles. The van der Waals surface area contributed by atoms with Crippen molar-refractivity contribution in [2.24, 2.45) is 13.0 Å². The Bertz CT molecular complexity index is 732. The molecular weight excluding hydrogens is 328 g/mol. The molecule has 26 heavy (non-hydrogen) atoms. The first-order chi connectivity index (χ1) is 12.7. The van der Waals surface area contributed by atoms with Gasteiger partial charge in [0, 0.05) is 43.6 Å². The van der Waals surface area contributed by atoms with Crippen LogP contribution in [-0.4, -0.2) is 51.6 Å². The number of aromatic nitrogens is 3. The van der Waals surface area contributed by atoms with E-state index in [0.29, 0.717) is 24.7 Å². The zero-order valence-corrected chi connectivity index (χ0v) is 15.7. The van der Waals surface area contributed by atoms with Crippen LogP contribution in [0.15, 0.2) is 30.6 Å². The summed E-state index contributed by atoms with van der Waals surface area (Å²) < 4.78 is 13.9. The molecule has 1 aliphatic heterocycles. The molecule has 0 N–H and O–H groups in total. The molecule has 1 saturated heterocycles. The van der Waals surface area contributed by atoms with Gasteiger partial charge in [-0.05, 0) is 37.8 Å². The Labute approximate surface area is 155 Å². The minimum Gasteiger partial charge on any atom is -0.375 e. The van der Waals surface area contributed by atoms with E-state index in [1.807, 2.05) is 43.0 Å². The standard InChI is InChI=1S/C20H28N4O2/c1-15-4-3-5-18(22-15)14-25-13-16-8-19-20(9-16)26-7-6-24(19)12-17-10-21-23(2)11-17/h3-5,10-11,16,19-20H,6-9,12-14H2,1-2H3/t16-,19+,20+/m0/s1. The highest BCUT2D eigenvalue weighted by Crippen LogP contribution is 2.35. The highest BCUT2D eigenvalue weighted by atomic mass is 16.5. The van der Waals surface area contributed by atoms with Crippen LogP contribution < -0.4 is 0 Å². The smallest absolute Gasteiger partial charge is 0.0888 e. The molecule has 0 radical (unpaired) electrons. The van der Waals surface area contributed by atoms with Crippen molar-refractivity contribution in [3.05, 3.63) is 47.5 Å². The number of rotatable bonds is 6. The minimum absolute atomic E-state index is 0.339. The molecular formula is C20H28N4O2. The molecule has 0 spiro atoms. The average Bonchev–Trinajstić information content (AvgIpc) is 3.21. The van der Waals surface area contributed by atoms with Crippen LogP contribution in [0.4, 0.5) is 0 Å². The molecule has 0 aromatic carbocycles. The van der Waals surface area contributed by atoms with E-state index in [-0.39, 0.29) is 0 Å². The van der Waals surface area contributed by atoms with Gasteiger partial charge < -0.3 is 9.47 Å². The van der Waals surface area contributed by atoms with E-state index in [1.54, 1.807) is 0 Å². The van der Waals surface area contributed by atoms with Crippen LogP contribution in [0.25, 0.3) is 0 Å². The topological polar surface area (TPSA) is 52.4 Å². The molecule has 1 aliphatic carbocycles. The third kappa shape index (κ3) is 4.14. The SMILES string of the molecule is Cc1cccc(COC[C@H]2C[C@@H]3[C@@H](C2)OCCN3Cc2cnn(C)c2)n1. The third-order valence-electron chi connectivity index (χ3n) is 5.44. The van der Waals surface area contributed by atoms with Gasteiger partial charge >= 0.3 is 0 Å². The van der Waals surface area contributed by atoms with Crippen molar-refractivity contribution < 1.29 is 9.47 Å². The van der Waals surface area contributed by atoms with Gasteiger partial charge in [0.15, 0.2) is 0 Å². The average molecular weight is 356 g/mol. The number of nitrogens with zero attached hydrogens (tertiary/aromatic N) is 4. The molecule has 2 fully saturated rings. The van der Waals surface area contributed by atoms with Gasteiger partial charge in [-0.1, -0.05) is 6.07 Å². The second-order valence-electron chi connectivity index (χ2n) is 7.59. The predicted molar refractivity (Wildman–Crippen MR) is 98.5 cm³/mol. The number of aryl methyl sites for hydroxylation is 2. The fraction of sp³-hybridized carbons (Fsp3) is 0.600. The monoisotopic (exact) mass is 356 g/mol. The van der Waals surface area contributed by atoms with Crippen molar-refractivity contribution in [1.29, 1.82) is 0 Å². The van der Waals surface area contributed by atoms with Crippen molar-refractivity contribution in [3.63, 3.8) is 0 Å². The molecule has 0 bridgehead atoms. The van der Waals surface area contributed by atoms with Gasteiger partial charge in [0.05, 0.1) is 37.8 Å². The minimum atomic E-state index is 0.339. The highest BCUT2D eigenvalue weighted by molar-refractivity contribution is 5.09. The first-order valence-corrected chi connectivity index (χ1v) is 9.51. The zero-order valence-electron chi connectivity index (χ0n) is 15.7. The lowest BCUT2D eigenvalue weighted by atomic mass is 10.1. The van der Waals surface area contributed by atoms with Crippen LogP contribution >= 0.6 is 0 Å². The summed E-state index contributed by atoms with van der Waals surface area (Å²) in [5, 5.41) is 4.29. The Balaban J connectivity index is 1.29.